The van der Waals surface area contributed by atoms with E-state index < -0.39 is 10.0 Å². The molecule has 2 aromatic rings. The lowest BCUT2D eigenvalue weighted by atomic mass is 9.98. The summed E-state index contributed by atoms with van der Waals surface area (Å²) in [5.74, 6) is 1.19. The molecule has 0 aliphatic carbocycles. The second-order valence-electron chi connectivity index (χ2n) is 7.65. The smallest absolute Gasteiger partial charge is 0.261 e. The Hall–Kier alpha value is -2.05. The predicted octanol–water partition coefficient (Wildman–Crippen LogP) is 4.47. The molecule has 0 unspecified atom stereocenters. The molecular formula is C22H30N2O3S. The fourth-order valence-corrected chi connectivity index (χ4v) is 4.69. The average molecular weight is 403 g/mol. The summed E-state index contributed by atoms with van der Waals surface area (Å²) >= 11 is 0. The topological polar surface area (TPSA) is 58.6 Å². The number of hydrogen-bond acceptors (Lipinski definition) is 4. The highest BCUT2D eigenvalue weighted by molar-refractivity contribution is 7.92. The highest BCUT2D eigenvalue weighted by Gasteiger charge is 2.23. The quantitative estimate of drug-likeness (QED) is 0.708. The zero-order chi connectivity index (χ0) is 20.1. The second-order valence-corrected chi connectivity index (χ2v) is 9.33. The van der Waals surface area contributed by atoms with Crippen LogP contribution in [0.4, 0.5) is 5.69 Å². The van der Waals surface area contributed by atoms with Crippen molar-refractivity contribution in [2.24, 2.45) is 0 Å². The number of hydrogen-bond donors (Lipinski definition) is 1. The van der Waals surface area contributed by atoms with Crippen molar-refractivity contribution in [1.82, 2.24) is 4.90 Å². The molecule has 0 saturated carbocycles. The molecule has 3 rings (SSSR count). The lowest BCUT2D eigenvalue weighted by Gasteiger charge is -2.15. The number of nitrogens with zero attached hydrogens (tertiary/aromatic N) is 1. The molecule has 1 N–H and O–H groups in total. The number of anilines is 1. The lowest BCUT2D eigenvalue weighted by molar-refractivity contribution is 0.242. The summed E-state index contributed by atoms with van der Waals surface area (Å²) in [6.07, 6.45) is 2.39. The highest BCUT2D eigenvalue weighted by Crippen LogP contribution is 2.28. The number of sulfonamides is 1. The van der Waals surface area contributed by atoms with Crippen molar-refractivity contribution in [3.8, 4) is 5.75 Å². The molecule has 0 spiro atoms. The minimum absolute atomic E-state index is 0.0491. The summed E-state index contributed by atoms with van der Waals surface area (Å²) in [5.41, 5.74) is 1.85. The summed E-state index contributed by atoms with van der Waals surface area (Å²) in [6, 6.07) is 14.3. The van der Waals surface area contributed by atoms with Gasteiger partial charge in [-0.15, -0.1) is 0 Å². The van der Waals surface area contributed by atoms with Crippen LogP contribution < -0.4 is 9.46 Å². The molecule has 152 valence electrons. The SMILES string of the molecule is CCCN1CC[C@@H](c2ccc(NS(=O)(=O)c3ccc(OC(C)C)cc3)cc2)C1. The molecule has 28 heavy (non-hydrogen) atoms. The molecule has 1 aliphatic rings. The molecule has 0 radical (unpaired) electrons. The van der Waals surface area contributed by atoms with E-state index in [2.05, 4.69) is 16.5 Å². The molecule has 1 saturated heterocycles. The van der Waals surface area contributed by atoms with Gasteiger partial charge in [0.15, 0.2) is 0 Å². The van der Waals surface area contributed by atoms with Crippen LogP contribution in [0.3, 0.4) is 0 Å². The first-order valence-corrected chi connectivity index (χ1v) is 11.5. The first-order valence-electron chi connectivity index (χ1n) is 9.99. The molecule has 1 fully saturated rings. The largest absolute Gasteiger partial charge is 0.491 e. The second kappa shape index (κ2) is 8.97. The van der Waals surface area contributed by atoms with Crippen LogP contribution in [0.15, 0.2) is 53.4 Å². The van der Waals surface area contributed by atoms with Crippen molar-refractivity contribution in [1.29, 1.82) is 0 Å². The van der Waals surface area contributed by atoms with Gasteiger partial charge in [-0.2, -0.15) is 0 Å². The van der Waals surface area contributed by atoms with E-state index in [0.717, 1.165) is 26.1 Å². The minimum Gasteiger partial charge on any atom is -0.491 e. The fourth-order valence-electron chi connectivity index (χ4n) is 3.63. The normalized spacial score (nSPS) is 17.8. The van der Waals surface area contributed by atoms with Gasteiger partial charge in [-0.1, -0.05) is 19.1 Å². The Morgan fingerprint density at radius 2 is 1.79 bits per heavy atom. The van der Waals surface area contributed by atoms with E-state index in [1.807, 2.05) is 38.1 Å². The van der Waals surface area contributed by atoms with Crippen molar-refractivity contribution in [3.63, 3.8) is 0 Å². The number of benzene rings is 2. The molecule has 1 atom stereocenters. The van der Waals surface area contributed by atoms with Crippen LogP contribution in [0.1, 0.15) is 45.1 Å². The van der Waals surface area contributed by atoms with Gasteiger partial charge >= 0.3 is 0 Å². The number of likely N-dealkylation sites (tertiary alicyclic amines) is 1. The van der Waals surface area contributed by atoms with Crippen molar-refractivity contribution in [2.45, 2.75) is 50.5 Å². The van der Waals surface area contributed by atoms with Gasteiger partial charge in [-0.25, -0.2) is 8.42 Å². The van der Waals surface area contributed by atoms with Crippen LogP contribution in [-0.4, -0.2) is 39.1 Å². The monoisotopic (exact) mass is 402 g/mol. The zero-order valence-corrected chi connectivity index (χ0v) is 17.7. The summed E-state index contributed by atoms with van der Waals surface area (Å²) in [5, 5.41) is 0. The van der Waals surface area contributed by atoms with E-state index >= 15 is 0 Å². The first-order chi connectivity index (χ1) is 13.4. The molecule has 0 bridgehead atoms. The standard InChI is InChI=1S/C22H30N2O3S/c1-4-14-24-15-13-19(16-24)18-5-7-20(8-6-18)23-28(25,26)22-11-9-21(10-12-22)27-17(2)3/h5-12,17,19,23H,4,13-16H2,1-3H3/t19-/m1/s1. The molecule has 1 aliphatic heterocycles. The average Bonchev–Trinajstić information content (AvgIpc) is 3.11. The Balaban J connectivity index is 1.64. The highest BCUT2D eigenvalue weighted by atomic mass is 32.2. The molecular weight excluding hydrogens is 372 g/mol. The third-order valence-electron chi connectivity index (χ3n) is 4.95. The maximum absolute atomic E-state index is 12.6. The lowest BCUT2D eigenvalue weighted by Crippen LogP contribution is -2.20. The van der Waals surface area contributed by atoms with Gasteiger partial charge < -0.3 is 9.64 Å². The van der Waals surface area contributed by atoms with Gasteiger partial charge in [0.25, 0.3) is 10.0 Å². The summed E-state index contributed by atoms with van der Waals surface area (Å²) in [4.78, 5) is 2.72. The molecule has 6 heteroatoms. The molecule has 2 aromatic carbocycles. The van der Waals surface area contributed by atoms with Gasteiger partial charge in [0.2, 0.25) is 0 Å². The van der Waals surface area contributed by atoms with Crippen LogP contribution in [0.2, 0.25) is 0 Å². The number of rotatable bonds is 8. The van der Waals surface area contributed by atoms with Gasteiger partial charge in [0.1, 0.15) is 5.75 Å². The van der Waals surface area contributed by atoms with Gasteiger partial charge in [0.05, 0.1) is 11.0 Å². The predicted molar refractivity (Wildman–Crippen MR) is 114 cm³/mol. The number of ether oxygens (including phenoxy) is 1. The van der Waals surface area contributed by atoms with E-state index in [1.54, 1.807) is 24.3 Å². The molecule has 5 nitrogen and oxygen atoms in total. The van der Waals surface area contributed by atoms with E-state index in [1.165, 1.54) is 12.0 Å². The Bertz CT molecular complexity index is 862. The van der Waals surface area contributed by atoms with Crippen LogP contribution in [0.25, 0.3) is 0 Å². The van der Waals surface area contributed by atoms with Crippen LogP contribution in [0, 0.1) is 0 Å². The first kappa shape index (κ1) is 20.7. The molecule has 0 aromatic heterocycles. The van der Waals surface area contributed by atoms with Crippen LogP contribution in [0.5, 0.6) is 5.75 Å². The molecule has 0 amide bonds. The van der Waals surface area contributed by atoms with Crippen LogP contribution >= 0.6 is 0 Å². The van der Waals surface area contributed by atoms with Gasteiger partial charge in [0, 0.05) is 12.2 Å². The van der Waals surface area contributed by atoms with Crippen molar-refractivity contribution in [2.75, 3.05) is 24.4 Å². The Kier molecular flexibility index (Phi) is 6.62. The van der Waals surface area contributed by atoms with Crippen LogP contribution in [-0.2, 0) is 10.0 Å². The van der Waals surface area contributed by atoms with Crippen molar-refractivity contribution in [3.05, 3.63) is 54.1 Å². The summed E-state index contributed by atoms with van der Waals surface area (Å²) in [6.45, 7) is 9.45. The summed E-state index contributed by atoms with van der Waals surface area (Å²) < 4.78 is 33.5. The maximum atomic E-state index is 12.6. The maximum Gasteiger partial charge on any atom is 0.261 e. The zero-order valence-electron chi connectivity index (χ0n) is 16.9. The van der Waals surface area contributed by atoms with E-state index in [-0.39, 0.29) is 11.0 Å². The van der Waals surface area contributed by atoms with E-state index in [4.69, 9.17) is 4.74 Å². The van der Waals surface area contributed by atoms with Crippen molar-refractivity contribution >= 4 is 15.7 Å². The summed E-state index contributed by atoms with van der Waals surface area (Å²) in [7, 11) is -3.62. The number of nitrogens with one attached hydrogen (secondary N) is 1. The third kappa shape index (κ3) is 5.26. The minimum atomic E-state index is -3.62. The Morgan fingerprint density at radius 3 is 2.39 bits per heavy atom. The fraction of sp³-hybridized carbons (Fsp3) is 0.455. The molecule has 1 heterocycles. The Morgan fingerprint density at radius 1 is 1.11 bits per heavy atom. The van der Waals surface area contributed by atoms with Gasteiger partial charge in [-0.3, -0.25) is 4.72 Å². The van der Waals surface area contributed by atoms with Crippen molar-refractivity contribution < 1.29 is 13.2 Å². The third-order valence-corrected chi connectivity index (χ3v) is 6.35. The van der Waals surface area contributed by atoms with E-state index in [9.17, 15) is 8.42 Å². The Labute approximate surface area is 168 Å². The van der Waals surface area contributed by atoms with E-state index in [0.29, 0.717) is 17.4 Å². The van der Waals surface area contributed by atoms with Gasteiger partial charge in [-0.05, 0) is 87.7 Å².